The first-order valence-electron chi connectivity index (χ1n) is 3.26. The van der Waals surface area contributed by atoms with Crippen LogP contribution >= 0.6 is 0 Å². The molecule has 1 amide bonds. The summed E-state index contributed by atoms with van der Waals surface area (Å²) in [6.07, 6.45) is 2.61. The van der Waals surface area contributed by atoms with Crippen molar-refractivity contribution in [3.05, 3.63) is 0 Å². The van der Waals surface area contributed by atoms with E-state index in [1.807, 2.05) is 0 Å². The van der Waals surface area contributed by atoms with Gasteiger partial charge in [0, 0.05) is 0 Å². The Labute approximate surface area is 54.2 Å². The van der Waals surface area contributed by atoms with Gasteiger partial charge in [0.1, 0.15) is 0 Å². The number of hydrogen-bond acceptors (Lipinski definition) is 2. The van der Waals surface area contributed by atoms with Gasteiger partial charge in [-0.15, -0.1) is 5.11 Å². The molecule has 0 saturated carbocycles. The van der Waals surface area contributed by atoms with Crippen LogP contribution in [0.1, 0.15) is 26.2 Å². The molecule has 0 bridgehead atoms. The molecule has 0 spiro atoms. The lowest BCUT2D eigenvalue weighted by Gasteiger charge is -1.97. The van der Waals surface area contributed by atoms with Gasteiger partial charge in [0.2, 0.25) is 0 Å². The molecule has 1 aliphatic rings. The number of azo groups is 1. The Bertz CT molecular complexity index is 142. The minimum absolute atomic E-state index is 0.0616. The molecule has 0 aromatic rings. The highest BCUT2D eigenvalue weighted by Gasteiger charge is 2.17. The molecule has 3 heteroatoms. The largest absolute Gasteiger partial charge is 0.271 e. The van der Waals surface area contributed by atoms with E-state index >= 15 is 0 Å². The molecular weight excluding hydrogens is 116 g/mol. The van der Waals surface area contributed by atoms with E-state index in [0.717, 1.165) is 12.8 Å². The van der Waals surface area contributed by atoms with Gasteiger partial charge >= 0.3 is 0 Å². The zero-order chi connectivity index (χ0) is 6.69. The Hall–Kier alpha value is -0.730. The van der Waals surface area contributed by atoms with E-state index in [2.05, 4.69) is 17.2 Å². The predicted molar refractivity (Wildman–Crippen MR) is 33.2 cm³/mol. The van der Waals surface area contributed by atoms with Crippen LogP contribution in [0.4, 0.5) is 0 Å². The predicted octanol–water partition coefficient (Wildman–Crippen LogP) is 1.54. The first kappa shape index (κ1) is 6.39. The Morgan fingerprint density at radius 1 is 1.78 bits per heavy atom. The van der Waals surface area contributed by atoms with E-state index in [1.54, 1.807) is 0 Å². The molecule has 0 aromatic carbocycles. The minimum atomic E-state index is -0.0616. The fourth-order valence-electron chi connectivity index (χ4n) is 0.922. The second-order valence-corrected chi connectivity index (χ2v) is 2.26. The molecule has 1 atom stereocenters. The smallest absolute Gasteiger partial charge is 0.266 e. The zero-order valence-corrected chi connectivity index (χ0v) is 5.50. The van der Waals surface area contributed by atoms with E-state index in [9.17, 15) is 4.79 Å². The third kappa shape index (κ3) is 1.59. The number of hydrogen-bond donors (Lipinski definition) is 0. The second kappa shape index (κ2) is 2.71. The summed E-state index contributed by atoms with van der Waals surface area (Å²) in [7, 11) is 0. The molecule has 0 aliphatic carbocycles. The second-order valence-electron chi connectivity index (χ2n) is 2.26. The lowest BCUT2D eigenvalue weighted by atomic mass is 10.1. The van der Waals surface area contributed by atoms with Crippen molar-refractivity contribution in [1.82, 2.24) is 0 Å². The SMILES string of the molecule is CCCC1CC(=O)N=N1. The van der Waals surface area contributed by atoms with E-state index in [-0.39, 0.29) is 11.9 Å². The van der Waals surface area contributed by atoms with Gasteiger partial charge in [-0.25, -0.2) is 0 Å². The molecule has 1 aliphatic heterocycles. The Morgan fingerprint density at radius 3 is 3.00 bits per heavy atom. The summed E-state index contributed by atoms with van der Waals surface area (Å²) in [4.78, 5) is 10.5. The summed E-state index contributed by atoms with van der Waals surface area (Å²) >= 11 is 0. The van der Waals surface area contributed by atoms with Gasteiger partial charge in [0.25, 0.3) is 5.91 Å². The van der Waals surface area contributed by atoms with Crippen LogP contribution in [0, 0.1) is 0 Å². The van der Waals surface area contributed by atoms with Gasteiger partial charge in [-0.3, -0.25) is 4.79 Å². The number of amides is 1. The summed E-state index contributed by atoms with van der Waals surface area (Å²) in [6, 6.07) is 0.197. The third-order valence-electron chi connectivity index (χ3n) is 1.36. The molecule has 0 radical (unpaired) electrons. The Morgan fingerprint density at radius 2 is 2.56 bits per heavy atom. The zero-order valence-electron chi connectivity index (χ0n) is 5.50. The van der Waals surface area contributed by atoms with Gasteiger partial charge in [0.05, 0.1) is 12.5 Å². The van der Waals surface area contributed by atoms with Crippen LogP contribution in [0.2, 0.25) is 0 Å². The van der Waals surface area contributed by atoms with Gasteiger partial charge < -0.3 is 0 Å². The highest BCUT2D eigenvalue weighted by Crippen LogP contribution is 2.13. The fourth-order valence-corrected chi connectivity index (χ4v) is 0.922. The van der Waals surface area contributed by atoms with Crippen molar-refractivity contribution >= 4 is 5.91 Å². The van der Waals surface area contributed by atoms with E-state index in [0.29, 0.717) is 6.42 Å². The van der Waals surface area contributed by atoms with Crippen LogP contribution in [-0.4, -0.2) is 11.9 Å². The van der Waals surface area contributed by atoms with Crippen molar-refractivity contribution in [3.63, 3.8) is 0 Å². The molecule has 1 rings (SSSR count). The Balaban J connectivity index is 2.32. The normalized spacial score (nSPS) is 25.4. The van der Waals surface area contributed by atoms with Crippen LogP contribution in [0.25, 0.3) is 0 Å². The topological polar surface area (TPSA) is 41.8 Å². The van der Waals surface area contributed by atoms with Gasteiger partial charge in [0.15, 0.2) is 0 Å². The minimum Gasteiger partial charge on any atom is -0.271 e. The van der Waals surface area contributed by atoms with Crippen LogP contribution in [0.5, 0.6) is 0 Å². The van der Waals surface area contributed by atoms with Crippen molar-refractivity contribution in [2.75, 3.05) is 0 Å². The standard InChI is InChI=1S/C6H10N2O/c1-2-3-5-4-6(9)8-7-5/h5H,2-4H2,1H3. The maximum atomic E-state index is 10.5. The van der Waals surface area contributed by atoms with Crippen LogP contribution in [-0.2, 0) is 4.79 Å². The Kier molecular flexibility index (Phi) is 1.92. The highest BCUT2D eigenvalue weighted by atomic mass is 16.2. The molecular formula is C6H10N2O. The number of nitrogens with zero attached hydrogens (tertiary/aromatic N) is 2. The molecule has 9 heavy (non-hydrogen) atoms. The fraction of sp³-hybridized carbons (Fsp3) is 0.833. The van der Waals surface area contributed by atoms with Gasteiger partial charge in [-0.1, -0.05) is 13.3 Å². The average Bonchev–Trinajstić information content (AvgIpc) is 2.17. The summed E-state index contributed by atoms with van der Waals surface area (Å²) in [5.41, 5.74) is 0. The third-order valence-corrected chi connectivity index (χ3v) is 1.36. The molecule has 1 heterocycles. The quantitative estimate of drug-likeness (QED) is 0.553. The molecule has 50 valence electrons. The maximum Gasteiger partial charge on any atom is 0.266 e. The summed E-state index contributed by atoms with van der Waals surface area (Å²) in [5.74, 6) is -0.0616. The number of rotatable bonds is 2. The van der Waals surface area contributed by atoms with Crippen molar-refractivity contribution in [2.45, 2.75) is 32.2 Å². The van der Waals surface area contributed by atoms with Gasteiger partial charge in [-0.05, 0) is 6.42 Å². The summed E-state index contributed by atoms with van der Waals surface area (Å²) in [5, 5.41) is 7.20. The molecule has 0 saturated heterocycles. The lowest BCUT2D eigenvalue weighted by molar-refractivity contribution is -0.117. The van der Waals surface area contributed by atoms with Crippen molar-refractivity contribution in [3.8, 4) is 0 Å². The summed E-state index contributed by atoms with van der Waals surface area (Å²) < 4.78 is 0. The van der Waals surface area contributed by atoms with Crippen molar-refractivity contribution in [2.24, 2.45) is 10.2 Å². The van der Waals surface area contributed by atoms with E-state index in [4.69, 9.17) is 0 Å². The van der Waals surface area contributed by atoms with Crippen molar-refractivity contribution < 1.29 is 4.79 Å². The van der Waals surface area contributed by atoms with E-state index < -0.39 is 0 Å². The molecule has 0 fully saturated rings. The number of carbonyl (C=O) groups is 1. The average molecular weight is 126 g/mol. The first-order valence-corrected chi connectivity index (χ1v) is 3.26. The van der Waals surface area contributed by atoms with E-state index in [1.165, 1.54) is 0 Å². The lowest BCUT2D eigenvalue weighted by Crippen LogP contribution is -2.01. The molecule has 0 aromatic heterocycles. The molecule has 0 N–H and O–H groups in total. The van der Waals surface area contributed by atoms with Crippen LogP contribution in [0.3, 0.4) is 0 Å². The molecule has 3 nitrogen and oxygen atoms in total. The van der Waals surface area contributed by atoms with Crippen LogP contribution in [0.15, 0.2) is 10.2 Å². The number of carbonyl (C=O) groups excluding carboxylic acids is 1. The van der Waals surface area contributed by atoms with Crippen LogP contribution < -0.4 is 0 Å². The highest BCUT2D eigenvalue weighted by molar-refractivity contribution is 5.78. The molecule has 1 unspecified atom stereocenters. The monoisotopic (exact) mass is 126 g/mol. The first-order chi connectivity index (χ1) is 4.33. The summed E-state index contributed by atoms with van der Waals surface area (Å²) in [6.45, 7) is 2.08. The maximum absolute atomic E-state index is 10.5. The van der Waals surface area contributed by atoms with Crippen molar-refractivity contribution in [1.29, 1.82) is 0 Å². The van der Waals surface area contributed by atoms with Gasteiger partial charge in [-0.2, -0.15) is 5.11 Å².